The summed E-state index contributed by atoms with van der Waals surface area (Å²) in [6.07, 6.45) is 0. The maximum absolute atomic E-state index is 11.0. The summed E-state index contributed by atoms with van der Waals surface area (Å²) in [6, 6.07) is 5.17. The maximum Gasteiger partial charge on any atom is 0.222 e. The zero-order valence-corrected chi connectivity index (χ0v) is 11.1. The standard InChI is InChI=1S/C9H6I2O2/c1-5-2-6(8(10)12)4-7(3-5)9(11)13/h2-4H,1H3. The zero-order valence-electron chi connectivity index (χ0n) is 6.80. The number of aryl methyl sites for hydroxylation is 1. The van der Waals surface area contributed by atoms with Gasteiger partial charge in [0.1, 0.15) is 0 Å². The van der Waals surface area contributed by atoms with Crippen LogP contribution in [0.25, 0.3) is 0 Å². The Bertz CT molecular complexity index is 340. The van der Waals surface area contributed by atoms with Crippen molar-refractivity contribution in [2.75, 3.05) is 0 Å². The first kappa shape index (κ1) is 11.1. The molecule has 0 spiro atoms. The summed E-state index contributed by atoms with van der Waals surface area (Å²) in [5, 5.41) is 0. The van der Waals surface area contributed by atoms with E-state index in [2.05, 4.69) is 0 Å². The first-order valence-corrected chi connectivity index (χ1v) is 5.68. The maximum atomic E-state index is 11.0. The molecule has 4 heteroatoms. The van der Waals surface area contributed by atoms with Gasteiger partial charge in [-0.2, -0.15) is 0 Å². The second kappa shape index (κ2) is 4.50. The molecule has 0 aliphatic heterocycles. The second-order valence-corrected chi connectivity index (χ2v) is 4.59. The minimum Gasteiger partial charge on any atom is -0.282 e. The van der Waals surface area contributed by atoms with Gasteiger partial charge in [-0.15, -0.1) is 0 Å². The van der Waals surface area contributed by atoms with Gasteiger partial charge in [-0.25, -0.2) is 0 Å². The summed E-state index contributed by atoms with van der Waals surface area (Å²) in [7, 11) is 0. The lowest BCUT2D eigenvalue weighted by molar-refractivity contribution is 0.110. The van der Waals surface area contributed by atoms with E-state index in [-0.39, 0.29) is 7.58 Å². The molecule has 0 saturated heterocycles. The SMILES string of the molecule is Cc1cc(C(=O)I)cc(C(=O)I)c1. The number of hydrogen-bond acceptors (Lipinski definition) is 2. The lowest BCUT2D eigenvalue weighted by atomic mass is 10.1. The van der Waals surface area contributed by atoms with Crippen molar-refractivity contribution in [3.8, 4) is 0 Å². The first-order chi connectivity index (χ1) is 6.00. The lowest BCUT2D eigenvalue weighted by Crippen LogP contribution is -1.95. The number of carbonyl (C=O) groups is 2. The summed E-state index contributed by atoms with van der Waals surface area (Å²) in [5.74, 6) is 0. The Labute approximate surface area is 103 Å². The van der Waals surface area contributed by atoms with Gasteiger partial charge in [0, 0.05) is 56.3 Å². The molecule has 0 radical (unpaired) electrons. The molecule has 1 aromatic rings. The molecular weight excluding hydrogens is 394 g/mol. The molecular formula is C9H6I2O2. The van der Waals surface area contributed by atoms with Crippen molar-refractivity contribution in [3.63, 3.8) is 0 Å². The number of halogens is 2. The van der Waals surface area contributed by atoms with Gasteiger partial charge in [0.05, 0.1) is 0 Å². The molecule has 13 heavy (non-hydrogen) atoms. The molecule has 0 saturated carbocycles. The zero-order chi connectivity index (χ0) is 10.0. The van der Waals surface area contributed by atoms with Gasteiger partial charge in [-0.05, 0) is 30.7 Å². The quantitative estimate of drug-likeness (QED) is 0.565. The molecule has 0 N–H and O–H groups in total. The van der Waals surface area contributed by atoms with E-state index in [0.29, 0.717) is 11.1 Å². The van der Waals surface area contributed by atoms with Gasteiger partial charge in [-0.1, -0.05) is 0 Å². The Morgan fingerprint density at radius 1 is 1.00 bits per heavy atom. The number of benzene rings is 1. The van der Waals surface area contributed by atoms with Crippen LogP contribution in [0.3, 0.4) is 0 Å². The Morgan fingerprint density at radius 2 is 1.38 bits per heavy atom. The summed E-state index contributed by atoms with van der Waals surface area (Å²) in [4.78, 5) is 22.1. The van der Waals surface area contributed by atoms with Gasteiger partial charge in [0.2, 0.25) is 7.58 Å². The molecule has 2 nitrogen and oxygen atoms in total. The predicted molar refractivity (Wildman–Crippen MR) is 67.9 cm³/mol. The number of hydrogen-bond donors (Lipinski definition) is 0. The van der Waals surface area contributed by atoms with Crippen LogP contribution in [0.5, 0.6) is 0 Å². The van der Waals surface area contributed by atoms with Crippen LogP contribution in [-0.4, -0.2) is 7.58 Å². The van der Waals surface area contributed by atoms with Crippen molar-refractivity contribution in [1.82, 2.24) is 0 Å². The third-order valence-electron chi connectivity index (χ3n) is 1.53. The largest absolute Gasteiger partial charge is 0.282 e. The van der Waals surface area contributed by atoms with Crippen LogP contribution < -0.4 is 0 Å². The van der Waals surface area contributed by atoms with Gasteiger partial charge < -0.3 is 0 Å². The highest BCUT2D eigenvalue weighted by atomic mass is 127. The number of rotatable bonds is 2. The van der Waals surface area contributed by atoms with Gasteiger partial charge in [-0.3, -0.25) is 9.59 Å². The molecule has 0 bridgehead atoms. The van der Waals surface area contributed by atoms with Crippen molar-refractivity contribution in [2.24, 2.45) is 0 Å². The molecule has 68 valence electrons. The van der Waals surface area contributed by atoms with Crippen molar-refractivity contribution in [3.05, 3.63) is 34.9 Å². The van der Waals surface area contributed by atoms with Crippen molar-refractivity contribution >= 4 is 52.8 Å². The molecule has 0 amide bonds. The molecule has 0 fully saturated rings. The average Bonchev–Trinajstić information content (AvgIpc) is 2.03. The normalized spacial score (nSPS) is 9.77. The highest BCUT2D eigenvalue weighted by Crippen LogP contribution is 2.15. The molecule has 1 aromatic carbocycles. The Balaban J connectivity index is 3.26. The van der Waals surface area contributed by atoms with Crippen molar-refractivity contribution in [2.45, 2.75) is 6.92 Å². The lowest BCUT2D eigenvalue weighted by Gasteiger charge is -2.00. The molecule has 1 rings (SSSR count). The third kappa shape index (κ3) is 3.01. The average molecular weight is 400 g/mol. The second-order valence-electron chi connectivity index (χ2n) is 2.64. The van der Waals surface area contributed by atoms with E-state index in [1.54, 1.807) is 63.4 Å². The van der Waals surface area contributed by atoms with E-state index in [9.17, 15) is 9.59 Å². The Hall–Kier alpha value is 0.0200. The summed E-state index contributed by atoms with van der Waals surface area (Å²) >= 11 is 3.42. The van der Waals surface area contributed by atoms with Crippen LogP contribution >= 0.6 is 45.2 Å². The van der Waals surface area contributed by atoms with Crippen LogP contribution in [0.1, 0.15) is 26.3 Å². The minimum absolute atomic E-state index is 0.0415. The molecule has 0 atom stereocenters. The van der Waals surface area contributed by atoms with Crippen LogP contribution in [0.15, 0.2) is 18.2 Å². The van der Waals surface area contributed by atoms with E-state index >= 15 is 0 Å². The van der Waals surface area contributed by atoms with Crippen LogP contribution in [0.2, 0.25) is 0 Å². The van der Waals surface area contributed by atoms with Crippen LogP contribution in [0.4, 0.5) is 0 Å². The molecule has 0 unspecified atom stereocenters. The fraction of sp³-hybridized carbons (Fsp3) is 0.111. The highest BCUT2D eigenvalue weighted by molar-refractivity contribution is 14.1. The fourth-order valence-corrected chi connectivity index (χ4v) is 1.63. The van der Waals surface area contributed by atoms with E-state index in [0.717, 1.165) is 5.56 Å². The van der Waals surface area contributed by atoms with Gasteiger partial charge in [0.15, 0.2) is 0 Å². The van der Waals surface area contributed by atoms with Crippen molar-refractivity contribution in [1.29, 1.82) is 0 Å². The van der Waals surface area contributed by atoms with Crippen LogP contribution in [0, 0.1) is 6.92 Å². The Kier molecular flexibility index (Phi) is 3.84. The predicted octanol–water partition coefficient (Wildman–Crippen LogP) is 3.15. The van der Waals surface area contributed by atoms with Gasteiger partial charge in [0.25, 0.3) is 0 Å². The van der Waals surface area contributed by atoms with E-state index in [4.69, 9.17) is 0 Å². The van der Waals surface area contributed by atoms with Gasteiger partial charge >= 0.3 is 0 Å². The smallest absolute Gasteiger partial charge is 0.222 e. The first-order valence-electron chi connectivity index (χ1n) is 3.52. The summed E-state index contributed by atoms with van der Waals surface area (Å²) < 4.78 is -0.0830. The summed E-state index contributed by atoms with van der Waals surface area (Å²) in [5.41, 5.74) is 2.10. The molecule has 0 aliphatic rings. The van der Waals surface area contributed by atoms with Crippen molar-refractivity contribution < 1.29 is 9.59 Å². The molecule has 0 aliphatic carbocycles. The Morgan fingerprint density at radius 3 is 1.69 bits per heavy atom. The fourth-order valence-electron chi connectivity index (χ4n) is 1.01. The summed E-state index contributed by atoms with van der Waals surface area (Å²) in [6.45, 7) is 1.87. The number of carbonyl (C=O) groups excluding carboxylic acids is 2. The molecule has 0 heterocycles. The third-order valence-corrected chi connectivity index (χ3v) is 2.78. The van der Waals surface area contributed by atoms with Crippen LogP contribution in [-0.2, 0) is 0 Å². The highest BCUT2D eigenvalue weighted by Gasteiger charge is 2.07. The topological polar surface area (TPSA) is 34.1 Å². The molecule has 0 aromatic heterocycles. The van der Waals surface area contributed by atoms with E-state index < -0.39 is 0 Å². The van der Waals surface area contributed by atoms with E-state index in [1.807, 2.05) is 6.92 Å². The van der Waals surface area contributed by atoms with E-state index in [1.165, 1.54) is 0 Å². The minimum atomic E-state index is -0.0415. The monoisotopic (exact) mass is 400 g/mol.